The summed E-state index contributed by atoms with van der Waals surface area (Å²) >= 11 is 25.7. The second kappa shape index (κ2) is 12.4. The van der Waals surface area contributed by atoms with Crippen LogP contribution in [0.15, 0.2) is 59.8 Å². The molecule has 4 aromatic rings. The van der Waals surface area contributed by atoms with Crippen LogP contribution in [-0.2, 0) is 11.3 Å². The van der Waals surface area contributed by atoms with Gasteiger partial charge in [0.1, 0.15) is 0 Å². The van der Waals surface area contributed by atoms with Gasteiger partial charge in [-0.05, 0) is 67.4 Å². The van der Waals surface area contributed by atoms with Gasteiger partial charge in [-0.15, -0.1) is 10.2 Å². The molecule has 0 radical (unpaired) electrons. The van der Waals surface area contributed by atoms with Crippen LogP contribution in [0.1, 0.15) is 27.3 Å². The molecule has 0 unspecified atom stereocenters. The van der Waals surface area contributed by atoms with E-state index in [0.29, 0.717) is 31.7 Å². The predicted octanol–water partition coefficient (Wildman–Crippen LogP) is 7.16. The highest BCUT2D eigenvalue weighted by molar-refractivity contribution is 7.99. The zero-order valence-corrected chi connectivity index (χ0v) is 24.0. The fourth-order valence-corrected chi connectivity index (χ4v) is 5.06. The number of halogens is 4. The third kappa shape index (κ3) is 6.81. The zero-order chi connectivity index (χ0) is 27.4. The molecule has 0 aliphatic heterocycles. The SMILES string of the molecule is Cc1ccc(C)c(NC(=O)CSc2nnc(CNC(=O)c3ccc(Cl)cc3Cl)n2-c2ccc(Cl)c(Cl)c2)c1. The molecule has 38 heavy (non-hydrogen) atoms. The van der Waals surface area contributed by atoms with E-state index < -0.39 is 5.91 Å². The number of anilines is 1. The number of rotatable bonds is 8. The van der Waals surface area contributed by atoms with Crippen molar-refractivity contribution in [2.75, 3.05) is 11.1 Å². The lowest BCUT2D eigenvalue weighted by Gasteiger charge is -2.13. The molecule has 4 rings (SSSR count). The Labute approximate surface area is 243 Å². The van der Waals surface area contributed by atoms with E-state index in [4.69, 9.17) is 46.4 Å². The normalized spacial score (nSPS) is 10.9. The lowest BCUT2D eigenvalue weighted by Crippen LogP contribution is -2.25. The van der Waals surface area contributed by atoms with Crippen molar-refractivity contribution < 1.29 is 9.59 Å². The molecule has 0 atom stereocenters. The van der Waals surface area contributed by atoms with Crippen LogP contribution in [0.3, 0.4) is 0 Å². The molecule has 0 fully saturated rings. The number of amides is 2. The summed E-state index contributed by atoms with van der Waals surface area (Å²) in [5, 5.41) is 16.1. The Morgan fingerprint density at radius 3 is 2.42 bits per heavy atom. The van der Waals surface area contributed by atoms with Crippen molar-refractivity contribution in [1.29, 1.82) is 0 Å². The molecule has 0 aliphatic rings. The topological polar surface area (TPSA) is 88.9 Å². The second-order valence-electron chi connectivity index (χ2n) is 8.29. The van der Waals surface area contributed by atoms with E-state index >= 15 is 0 Å². The van der Waals surface area contributed by atoms with Crippen LogP contribution in [0.4, 0.5) is 5.69 Å². The van der Waals surface area contributed by atoms with Gasteiger partial charge in [0.05, 0.1) is 38.6 Å². The Morgan fingerprint density at radius 1 is 0.895 bits per heavy atom. The first-order valence-corrected chi connectivity index (χ1v) is 13.7. The summed E-state index contributed by atoms with van der Waals surface area (Å²) in [6.45, 7) is 3.92. The standard InChI is InChI=1S/C26H21Cl4N5O2S/c1-14-3-4-15(2)22(9-14)32-24(36)13-38-26-34-33-23(35(26)17-6-8-19(28)21(30)11-17)12-31-25(37)18-7-5-16(27)10-20(18)29/h3-11H,12-13H2,1-2H3,(H,31,37)(H,32,36). The van der Waals surface area contributed by atoms with E-state index in [2.05, 4.69) is 20.8 Å². The number of benzene rings is 3. The Kier molecular flexibility index (Phi) is 9.23. The van der Waals surface area contributed by atoms with Gasteiger partial charge in [-0.1, -0.05) is 70.3 Å². The Bertz CT molecular complexity index is 1530. The molecule has 12 heteroatoms. The van der Waals surface area contributed by atoms with Crippen molar-refractivity contribution in [2.45, 2.75) is 25.5 Å². The first kappa shape index (κ1) is 28.3. The lowest BCUT2D eigenvalue weighted by molar-refractivity contribution is -0.113. The first-order chi connectivity index (χ1) is 18.1. The number of hydrogen-bond acceptors (Lipinski definition) is 5. The largest absolute Gasteiger partial charge is 0.345 e. The summed E-state index contributed by atoms with van der Waals surface area (Å²) in [5.74, 6) is -0.101. The molecule has 7 nitrogen and oxygen atoms in total. The summed E-state index contributed by atoms with van der Waals surface area (Å²) in [6.07, 6.45) is 0. The van der Waals surface area contributed by atoms with Crippen LogP contribution in [0, 0.1) is 13.8 Å². The molecule has 3 aromatic carbocycles. The number of nitrogens with one attached hydrogen (secondary N) is 2. The molecule has 0 spiro atoms. The van der Waals surface area contributed by atoms with Crippen LogP contribution in [0.25, 0.3) is 5.69 Å². The Morgan fingerprint density at radius 2 is 1.68 bits per heavy atom. The van der Waals surface area contributed by atoms with Gasteiger partial charge in [0, 0.05) is 10.7 Å². The second-order valence-corrected chi connectivity index (χ2v) is 10.9. The van der Waals surface area contributed by atoms with E-state index in [1.165, 1.54) is 17.8 Å². The van der Waals surface area contributed by atoms with Gasteiger partial charge in [0.15, 0.2) is 11.0 Å². The molecule has 1 heterocycles. The first-order valence-electron chi connectivity index (χ1n) is 11.2. The van der Waals surface area contributed by atoms with Gasteiger partial charge < -0.3 is 10.6 Å². The quantitative estimate of drug-likeness (QED) is 0.207. The van der Waals surface area contributed by atoms with Crippen LogP contribution in [-0.4, -0.2) is 32.3 Å². The van der Waals surface area contributed by atoms with Crippen LogP contribution < -0.4 is 10.6 Å². The summed E-state index contributed by atoms with van der Waals surface area (Å²) < 4.78 is 1.71. The number of aromatic nitrogens is 3. The molecule has 0 saturated heterocycles. The summed E-state index contributed by atoms with van der Waals surface area (Å²) in [5.41, 5.74) is 3.66. The molecular weight excluding hydrogens is 588 g/mol. The molecule has 0 aliphatic carbocycles. The number of thioether (sulfide) groups is 1. The van der Waals surface area contributed by atoms with E-state index in [1.807, 2.05) is 32.0 Å². The molecule has 0 bridgehead atoms. The number of hydrogen-bond donors (Lipinski definition) is 2. The minimum Gasteiger partial charge on any atom is -0.345 e. The highest BCUT2D eigenvalue weighted by atomic mass is 35.5. The van der Waals surface area contributed by atoms with Gasteiger partial charge in [-0.3, -0.25) is 14.2 Å². The van der Waals surface area contributed by atoms with Crippen molar-refractivity contribution in [3.8, 4) is 5.69 Å². The number of carbonyl (C=O) groups excluding carboxylic acids is 2. The van der Waals surface area contributed by atoms with Gasteiger partial charge in [0.2, 0.25) is 5.91 Å². The minimum atomic E-state index is -0.405. The van der Waals surface area contributed by atoms with Crippen molar-refractivity contribution >= 4 is 75.7 Å². The maximum atomic E-state index is 12.8. The molecule has 0 saturated carbocycles. The van der Waals surface area contributed by atoms with Gasteiger partial charge in [0.25, 0.3) is 5.91 Å². The van der Waals surface area contributed by atoms with E-state index in [0.717, 1.165) is 16.8 Å². The van der Waals surface area contributed by atoms with E-state index in [1.54, 1.807) is 34.9 Å². The van der Waals surface area contributed by atoms with Crippen molar-refractivity contribution in [3.63, 3.8) is 0 Å². The Hall–Kier alpha value is -2.75. The van der Waals surface area contributed by atoms with Crippen LogP contribution in [0.2, 0.25) is 20.1 Å². The minimum absolute atomic E-state index is 0.0281. The highest BCUT2D eigenvalue weighted by Crippen LogP contribution is 2.29. The molecule has 2 amide bonds. The summed E-state index contributed by atoms with van der Waals surface area (Å²) in [4.78, 5) is 25.5. The molecule has 196 valence electrons. The van der Waals surface area contributed by atoms with Crippen molar-refractivity contribution in [2.24, 2.45) is 0 Å². The molecule has 2 N–H and O–H groups in total. The average Bonchev–Trinajstić information content (AvgIpc) is 3.28. The fourth-order valence-electron chi connectivity index (χ4n) is 3.51. The Balaban J connectivity index is 1.55. The van der Waals surface area contributed by atoms with Crippen LogP contribution >= 0.6 is 58.2 Å². The monoisotopic (exact) mass is 607 g/mol. The van der Waals surface area contributed by atoms with Crippen molar-refractivity contribution in [1.82, 2.24) is 20.1 Å². The highest BCUT2D eigenvalue weighted by Gasteiger charge is 2.19. The number of aryl methyl sites for hydroxylation is 2. The van der Waals surface area contributed by atoms with Gasteiger partial charge in [-0.2, -0.15) is 0 Å². The van der Waals surface area contributed by atoms with E-state index in [9.17, 15) is 9.59 Å². The molecular formula is C26H21Cl4N5O2S. The smallest absolute Gasteiger partial charge is 0.253 e. The predicted molar refractivity (Wildman–Crippen MR) is 154 cm³/mol. The maximum Gasteiger partial charge on any atom is 0.253 e. The molecule has 1 aromatic heterocycles. The van der Waals surface area contributed by atoms with E-state index in [-0.39, 0.29) is 28.8 Å². The summed E-state index contributed by atoms with van der Waals surface area (Å²) in [6, 6.07) is 15.5. The number of nitrogens with zero attached hydrogens (tertiary/aromatic N) is 3. The summed E-state index contributed by atoms with van der Waals surface area (Å²) in [7, 11) is 0. The lowest BCUT2D eigenvalue weighted by atomic mass is 10.1. The fraction of sp³-hybridized carbons (Fsp3) is 0.154. The zero-order valence-electron chi connectivity index (χ0n) is 20.2. The van der Waals surface area contributed by atoms with Gasteiger partial charge in [-0.25, -0.2) is 0 Å². The third-order valence-corrected chi connectivity index (χ3v) is 7.66. The third-order valence-electron chi connectivity index (χ3n) is 5.44. The van der Waals surface area contributed by atoms with Crippen LogP contribution in [0.5, 0.6) is 0 Å². The average molecular weight is 609 g/mol. The van der Waals surface area contributed by atoms with Gasteiger partial charge >= 0.3 is 0 Å². The van der Waals surface area contributed by atoms with Crippen molar-refractivity contribution in [3.05, 3.63) is 97.2 Å². The maximum absolute atomic E-state index is 12.8. The number of carbonyl (C=O) groups is 2.